The lowest BCUT2D eigenvalue weighted by atomic mass is 9.95. The van der Waals surface area contributed by atoms with Gasteiger partial charge >= 0.3 is 0 Å². The van der Waals surface area contributed by atoms with Gasteiger partial charge in [-0.3, -0.25) is 14.6 Å². The molecule has 5 aromatic rings. The molecule has 0 bridgehead atoms. The zero-order valence-electron chi connectivity index (χ0n) is 17.7. The monoisotopic (exact) mass is 420 g/mol. The van der Waals surface area contributed by atoms with Crippen molar-refractivity contribution in [1.82, 2.24) is 19.7 Å². The average Bonchev–Trinajstić information content (AvgIpc) is 3.40. The van der Waals surface area contributed by atoms with Crippen LogP contribution in [0.5, 0.6) is 0 Å². The summed E-state index contributed by atoms with van der Waals surface area (Å²) in [5, 5.41) is 6.04. The fourth-order valence-corrected chi connectivity index (χ4v) is 4.66. The number of aryl methyl sites for hydroxylation is 2. The Kier molecular flexibility index (Phi) is 4.35. The van der Waals surface area contributed by atoms with Crippen LogP contribution in [0.15, 0.2) is 72.9 Å². The summed E-state index contributed by atoms with van der Waals surface area (Å²) in [5.74, 6) is -0.234. The van der Waals surface area contributed by atoms with Gasteiger partial charge in [-0.2, -0.15) is 5.10 Å². The summed E-state index contributed by atoms with van der Waals surface area (Å²) < 4.78 is 15.5. The first-order chi connectivity index (χ1) is 15.7. The minimum atomic E-state index is -0.234. The fraction of sp³-hybridized carbons (Fsp3) is 0.148. The Morgan fingerprint density at radius 1 is 0.938 bits per heavy atom. The van der Waals surface area contributed by atoms with Crippen molar-refractivity contribution in [3.8, 4) is 33.6 Å². The van der Waals surface area contributed by atoms with Crippen molar-refractivity contribution in [3.63, 3.8) is 0 Å². The third-order valence-electron chi connectivity index (χ3n) is 6.16. The second-order valence-electron chi connectivity index (χ2n) is 8.26. The molecule has 0 N–H and O–H groups in total. The standard InChI is InChI=1S/C27H21FN4/c1-17-4-2-5-23(30-17)27-26(25-6-3-15-32(25)31-27)22-13-14-29-24-16-19(9-12-21(22)24)18-7-10-20(28)11-8-18/h2,4-5,7-14,16H,3,6,15H2,1H3. The SMILES string of the molecule is Cc1cccc(-c2nn3c(c2-c2ccnc4cc(-c5ccc(F)cc5)ccc24)CCC3)n1. The maximum atomic E-state index is 13.4. The smallest absolute Gasteiger partial charge is 0.123 e. The molecule has 0 radical (unpaired) electrons. The quantitative estimate of drug-likeness (QED) is 0.348. The minimum absolute atomic E-state index is 0.234. The Bertz CT molecular complexity index is 1470. The van der Waals surface area contributed by atoms with Crippen molar-refractivity contribution < 1.29 is 4.39 Å². The van der Waals surface area contributed by atoms with Crippen molar-refractivity contribution in [1.29, 1.82) is 0 Å². The number of fused-ring (bicyclic) bond motifs is 2. The van der Waals surface area contributed by atoms with Crippen molar-refractivity contribution in [2.45, 2.75) is 26.3 Å². The molecule has 3 aromatic heterocycles. The number of hydrogen-bond acceptors (Lipinski definition) is 3. The molecule has 5 heteroatoms. The van der Waals surface area contributed by atoms with Gasteiger partial charge in [0.2, 0.25) is 0 Å². The highest BCUT2D eigenvalue weighted by atomic mass is 19.1. The second kappa shape index (κ2) is 7.38. The number of rotatable bonds is 3. The van der Waals surface area contributed by atoms with Crippen LogP contribution in [0.4, 0.5) is 4.39 Å². The highest BCUT2D eigenvalue weighted by molar-refractivity contribution is 6.00. The minimum Gasteiger partial charge on any atom is -0.268 e. The van der Waals surface area contributed by atoms with Crippen LogP contribution in [0, 0.1) is 12.7 Å². The zero-order valence-corrected chi connectivity index (χ0v) is 17.7. The number of benzene rings is 2. The van der Waals surface area contributed by atoms with Gasteiger partial charge in [0.1, 0.15) is 11.5 Å². The number of hydrogen-bond donors (Lipinski definition) is 0. The topological polar surface area (TPSA) is 43.6 Å². The molecule has 156 valence electrons. The predicted molar refractivity (Wildman–Crippen MR) is 125 cm³/mol. The molecule has 0 amide bonds. The van der Waals surface area contributed by atoms with E-state index in [1.165, 1.54) is 17.8 Å². The lowest BCUT2D eigenvalue weighted by molar-refractivity contribution is 0.628. The van der Waals surface area contributed by atoms with Crippen molar-refractivity contribution in [2.75, 3.05) is 0 Å². The van der Waals surface area contributed by atoms with Crippen LogP contribution in [0.25, 0.3) is 44.5 Å². The molecule has 32 heavy (non-hydrogen) atoms. The summed E-state index contributed by atoms with van der Waals surface area (Å²) in [6.45, 7) is 2.94. The Morgan fingerprint density at radius 3 is 2.62 bits per heavy atom. The summed E-state index contributed by atoms with van der Waals surface area (Å²) in [6.07, 6.45) is 3.97. The lowest BCUT2D eigenvalue weighted by Crippen LogP contribution is -1.95. The molecule has 0 atom stereocenters. The number of nitrogens with zero attached hydrogens (tertiary/aromatic N) is 4. The summed E-state index contributed by atoms with van der Waals surface area (Å²) >= 11 is 0. The molecule has 0 fully saturated rings. The Labute approximate surface area is 185 Å². The van der Waals surface area contributed by atoms with Gasteiger partial charge in [0, 0.05) is 35.1 Å². The van der Waals surface area contributed by atoms with E-state index in [2.05, 4.69) is 33.9 Å². The summed E-state index contributed by atoms with van der Waals surface area (Å²) in [5.41, 5.74) is 9.24. The lowest BCUT2D eigenvalue weighted by Gasteiger charge is -2.10. The Hall–Kier alpha value is -3.86. The van der Waals surface area contributed by atoms with E-state index in [1.54, 1.807) is 12.1 Å². The summed E-state index contributed by atoms with van der Waals surface area (Å²) in [6, 6.07) is 21.0. The van der Waals surface area contributed by atoms with E-state index in [4.69, 9.17) is 10.1 Å². The molecule has 0 saturated carbocycles. The van der Waals surface area contributed by atoms with Crippen LogP contribution in [0.2, 0.25) is 0 Å². The van der Waals surface area contributed by atoms with Crippen molar-refractivity contribution in [3.05, 3.63) is 90.1 Å². The summed E-state index contributed by atoms with van der Waals surface area (Å²) in [7, 11) is 0. The first-order valence-electron chi connectivity index (χ1n) is 10.9. The van der Waals surface area contributed by atoms with Gasteiger partial charge < -0.3 is 0 Å². The van der Waals surface area contributed by atoms with Crippen LogP contribution in [-0.4, -0.2) is 19.7 Å². The third-order valence-corrected chi connectivity index (χ3v) is 6.16. The molecule has 2 aromatic carbocycles. The molecule has 0 aliphatic carbocycles. The van der Waals surface area contributed by atoms with E-state index in [0.29, 0.717) is 0 Å². The van der Waals surface area contributed by atoms with Gasteiger partial charge in [-0.25, -0.2) is 4.39 Å². The third kappa shape index (κ3) is 3.09. The molecule has 1 aliphatic heterocycles. The molecule has 1 aliphatic rings. The molecule has 4 heterocycles. The van der Waals surface area contributed by atoms with Gasteiger partial charge in [-0.15, -0.1) is 0 Å². The maximum absolute atomic E-state index is 13.4. The van der Waals surface area contributed by atoms with E-state index >= 15 is 0 Å². The van der Waals surface area contributed by atoms with E-state index in [1.807, 2.05) is 31.3 Å². The van der Waals surface area contributed by atoms with E-state index < -0.39 is 0 Å². The van der Waals surface area contributed by atoms with Gasteiger partial charge in [0.25, 0.3) is 0 Å². The largest absolute Gasteiger partial charge is 0.268 e. The number of halogens is 1. The average molecular weight is 420 g/mol. The Morgan fingerprint density at radius 2 is 1.78 bits per heavy atom. The molecular formula is C27H21FN4. The number of pyridine rings is 2. The van der Waals surface area contributed by atoms with Crippen LogP contribution < -0.4 is 0 Å². The molecule has 0 unspecified atom stereocenters. The van der Waals surface area contributed by atoms with E-state index in [-0.39, 0.29) is 5.82 Å². The normalized spacial score (nSPS) is 12.9. The molecular weight excluding hydrogens is 399 g/mol. The van der Waals surface area contributed by atoms with E-state index in [0.717, 1.165) is 69.6 Å². The highest BCUT2D eigenvalue weighted by Gasteiger charge is 2.25. The van der Waals surface area contributed by atoms with Crippen LogP contribution >= 0.6 is 0 Å². The first-order valence-corrected chi connectivity index (χ1v) is 10.9. The zero-order chi connectivity index (χ0) is 21.7. The molecule has 0 saturated heterocycles. The van der Waals surface area contributed by atoms with E-state index in [9.17, 15) is 4.39 Å². The highest BCUT2D eigenvalue weighted by Crippen LogP contribution is 2.40. The van der Waals surface area contributed by atoms with Gasteiger partial charge in [-0.05, 0) is 72.9 Å². The van der Waals surface area contributed by atoms with Gasteiger partial charge in [0.05, 0.1) is 11.2 Å². The van der Waals surface area contributed by atoms with Crippen LogP contribution in [-0.2, 0) is 13.0 Å². The second-order valence-corrected chi connectivity index (χ2v) is 8.26. The van der Waals surface area contributed by atoms with Crippen molar-refractivity contribution in [2.24, 2.45) is 0 Å². The molecule has 0 spiro atoms. The van der Waals surface area contributed by atoms with Crippen LogP contribution in [0.3, 0.4) is 0 Å². The summed E-state index contributed by atoms with van der Waals surface area (Å²) in [4.78, 5) is 9.41. The maximum Gasteiger partial charge on any atom is 0.123 e. The first kappa shape index (κ1) is 18.9. The fourth-order valence-electron chi connectivity index (χ4n) is 4.66. The molecule has 4 nitrogen and oxygen atoms in total. The van der Waals surface area contributed by atoms with Gasteiger partial charge in [0.15, 0.2) is 0 Å². The van der Waals surface area contributed by atoms with Crippen LogP contribution in [0.1, 0.15) is 17.8 Å². The predicted octanol–water partition coefficient (Wildman–Crippen LogP) is 6.22. The van der Waals surface area contributed by atoms with Gasteiger partial charge in [-0.1, -0.05) is 30.3 Å². The Balaban J connectivity index is 1.55. The molecule has 6 rings (SSSR count). The number of aromatic nitrogens is 4. The van der Waals surface area contributed by atoms with Crippen molar-refractivity contribution >= 4 is 10.9 Å².